The molecule has 0 bridgehead atoms. The molecular weight excluding hydrogens is 246 g/mol. The molecule has 5 heteroatoms. The van der Waals surface area contributed by atoms with Crippen LogP contribution < -0.4 is 5.32 Å². The zero-order chi connectivity index (χ0) is 13.8. The van der Waals surface area contributed by atoms with Crippen LogP contribution in [0.3, 0.4) is 0 Å². The first-order valence-electron chi connectivity index (χ1n) is 6.07. The number of nitrogens with one attached hydrogen (secondary N) is 1. The van der Waals surface area contributed by atoms with Gasteiger partial charge in [0.05, 0.1) is 6.61 Å². The third kappa shape index (κ3) is 3.13. The van der Waals surface area contributed by atoms with Crippen LogP contribution >= 0.6 is 0 Å². The van der Waals surface area contributed by atoms with Crippen molar-refractivity contribution in [3.63, 3.8) is 0 Å². The monoisotopic (exact) mass is 261 g/mol. The number of aliphatic carboxylic acids is 1. The third-order valence-corrected chi connectivity index (χ3v) is 2.88. The van der Waals surface area contributed by atoms with Gasteiger partial charge in [0.15, 0.2) is 0 Å². The van der Waals surface area contributed by atoms with Crippen molar-refractivity contribution < 1.29 is 19.4 Å². The first-order chi connectivity index (χ1) is 9.10. The number of rotatable bonds is 4. The summed E-state index contributed by atoms with van der Waals surface area (Å²) in [4.78, 5) is 22.1. The quantitative estimate of drug-likeness (QED) is 0.637. The lowest BCUT2D eigenvalue weighted by Crippen LogP contribution is -2.26. The highest BCUT2D eigenvalue weighted by atomic mass is 16.5. The molecule has 0 radical (unpaired) electrons. The highest BCUT2D eigenvalue weighted by Crippen LogP contribution is 2.27. The normalized spacial score (nSPS) is 17.0. The predicted octanol–water partition coefficient (Wildman–Crippen LogP) is 1.68. The van der Waals surface area contributed by atoms with E-state index in [-0.39, 0.29) is 5.97 Å². The number of esters is 1. The van der Waals surface area contributed by atoms with Gasteiger partial charge < -0.3 is 15.2 Å². The van der Waals surface area contributed by atoms with Gasteiger partial charge in [-0.3, -0.25) is 0 Å². The van der Waals surface area contributed by atoms with Gasteiger partial charge in [-0.05, 0) is 36.3 Å². The van der Waals surface area contributed by atoms with Gasteiger partial charge in [0.1, 0.15) is 6.04 Å². The zero-order valence-electron chi connectivity index (χ0n) is 10.6. The molecule has 2 rings (SSSR count). The topological polar surface area (TPSA) is 75.6 Å². The molecule has 2 N–H and O–H groups in total. The van der Waals surface area contributed by atoms with Crippen LogP contribution in [0.15, 0.2) is 24.3 Å². The van der Waals surface area contributed by atoms with Crippen LogP contribution in [-0.4, -0.2) is 29.7 Å². The fourth-order valence-corrected chi connectivity index (χ4v) is 1.99. The Hall–Kier alpha value is -2.30. The first kappa shape index (κ1) is 13.1. The number of fused-ring (bicyclic) bond motifs is 1. The standard InChI is InChI=1S/C14H15NO4/c1-2-19-13(16)6-4-9-3-5-11-10(7-9)8-12(15-11)14(17)18/h3-7,12,15H,2,8H2,1H3,(H,17,18)/b6-4+. The number of hydrogen-bond donors (Lipinski definition) is 2. The fraction of sp³-hybridized carbons (Fsp3) is 0.286. The summed E-state index contributed by atoms with van der Waals surface area (Å²) >= 11 is 0. The lowest BCUT2D eigenvalue weighted by Gasteiger charge is -2.03. The van der Waals surface area contributed by atoms with Gasteiger partial charge in [0, 0.05) is 18.2 Å². The molecule has 0 saturated heterocycles. The SMILES string of the molecule is CCOC(=O)/C=C/c1ccc2c(c1)CC(C(=O)O)N2. The summed E-state index contributed by atoms with van der Waals surface area (Å²) in [5.41, 5.74) is 2.62. The van der Waals surface area contributed by atoms with Crippen molar-refractivity contribution in [2.24, 2.45) is 0 Å². The molecule has 0 aromatic heterocycles. The highest BCUT2D eigenvalue weighted by molar-refractivity contribution is 5.87. The minimum Gasteiger partial charge on any atom is -0.480 e. The van der Waals surface area contributed by atoms with Gasteiger partial charge in [0.25, 0.3) is 0 Å². The van der Waals surface area contributed by atoms with E-state index in [9.17, 15) is 9.59 Å². The second kappa shape index (κ2) is 5.56. The van der Waals surface area contributed by atoms with Crippen molar-refractivity contribution >= 4 is 23.7 Å². The molecule has 1 aromatic rings. The van der Waals surface area contributed by atoms with Crippen molar-refractivity contribution in [1.82, 2.24) is 0 Å². The molecule has 0 spiro atoms. The Labute approximate surface area is 110 Å². The highest BCUT2D eigenvalue weighted by Gasteiger charge is 2.25. The summed E-state index contributed by atoms with van der Waals surface area (Å²) in [6, 6.07) is 4.95. The number of anilines is 1. The first-order valence-corrected chi connectivity index (χ1v) is 6.07. The predicted molar refractivity (Wildman–Crippen MR) is 70.9 cm³/mol. The zero-order valence-corrected chi connectivity index (χ0v) is 10.6. The number of carboxylic acids is 1. The molecule has 5 nitrogen and oxygen atoms in total. The summed E-state index contributed by atoms with van der Waals surface area (Å²) in [5, 5.41) is 11.9. The number of hydrogen-bond acceptors (Lipinski definition) is 4. The Kier molecular flexibility index (Phi) is 3.85. The van der Waals surface area contributed by atoms with Crippen molar-refractivity contribution in [3.8, 4) is 0 Å². The summed E-state index contributed by atoms with van der Waals surface area (Å²) < 4.78 is 4.79. The molecule has 0 saturated carbocycles. The number of benzene rings is 1. The number of carbonyl (C=O) groups excluding carboxylic acids is 1. The van der Waals surface area contributed by atoms with Gasteiger partial charge in [-0.25, -0.2) is 9.59 Å². The molecule has 100 valence electrons. The lowest BCUT2D eigenvalue weighted by molar-refractivity contribution is -0.138. The maximum atomic E-state index is 11.2. The molecule has 1 aliphatic heterocycles. The maximum absolute atomic E-state index is 11.2. The van der Waals surface area contributed by atoms with Gasteiger partial charge in [0.2, 0.25) is 0 Å². The van der Waals surface area contributed by atoms with Crippen LogP contribution in [-0.2, 0) is 20.7 Å². The number of ether oxygens (including phenoxy) is 1. The Morgan fingerprint density at radius 2 is 2.32 bits per heavy atom. The van der Waals surface area contributed by atoms with Crippen molar-refractivity contribution in [3.05, 3.63) is 35.4 Å². The molecule has 1 aliphatic rings. The van der Waals surface area contributed by atoms with Crippen molar-refractivity contribution in [2.75, 3.05) is 11.9 Å². The van der Waals surface area contributed by atoms with E-state index in [0.717, 1.165) is 16.8 Å². The lowest BCUT2D eigenvalue weighted by atomic mass is 10.1. The summed E-state index contributed by atoms with van der Waals surface area (Å²) in [5.74, 6) is -1.25. The number of carbonyl (C=O) groups is 2. The molecule has 0 fully saturated rings. The molecule has 1 aromatic carbocycles. The van der Waals surface area contributed by atoms with Gasteiger partial charge in [-0.2, -0.15) is 0 Å². The minimum absolute atomic E-state index is 0.345. The third-order valence-electron chi connectivity index (χ3n) is 2.88. The largest absolute Gasteiger partial charge is 0.480 e. The van der Waals surface area contributed by atoms with Gasteiger partial charge >= 0.3 is 11.9 Å². The van der Waals surface area contributed by atoms with Crippen LogP contribution in [0.2, 0.25) is 0 Å². The Bertz CT molecular complexity index is 536. The van der Waals surface area contributed by atoms with Crippen molar-refractivity contribution in [2.45, 2.75) is 19.4 Å². The van der Waals surface area contributed by atoms with Crippen LogP contribution in [0.25, 0.3) is 6.08 Å². The van der Waals surface area contributed by atoms with E-state index in [2.05, 4.69) is 5.32 Å². The summed E-state index contributed by atoms with van der Waals surface area (Å²) in [7, 11) is 0. The van der Waals surface area contributed by atoms with Crippen LogP contribution in [0.5, 0.6) is 0 Å². The average Bonchev–Trinajstić information content (AvgIpc) is 2.80. The van der Waals surface area contributed by atoms with E-state index in [1.165, 1.54) is 6.08 Å². The minimum atomic E-state index is -0.861. The van der Waals surface area contributed by atoms with Crippen LogP contribution in [0.4, 0.5) is 5.69 Å². The molecule has 0 amide bonds. The van der Waals surface area contributed by atoms with E-state index in [4.69, 9.17) is 9.84 Å². The Morgan fingerprint density at radius 1 is 1.53 bits per heavy atom. The molecule has 1 unspecified atom stereocenters. The number of carboxylic acid groups (broad SMARTS) is 1. The Balaban J connectivity index is 2.09. The summed E-state index contributed by atoms with van der Waals surface area (Å²) in [6.07, 6.45) is 3.47. The van der Waals surface area contributed by atoms with E-state index >= 15 is 0 Å². The smallest absolute Gasteiger partial charge is 0.330 e. The average molecular weight is 261 g/mol. The molecular formula is C14H15NO4. The van der Waals surface area contributed by atoms with Gasteiger partial charge in [-0.15, -0.1) is 0 Å². The van der Waals surface area contributed by atoms with E-state index < -0.39 is 12.0 Å². The maximum Gasteiger partial charge on any atom is 0.330 e. The second-order valence-corrected chi connectivity index (χ2v) is 4.24. The summed E-state index contributed by atoms with van der Waals surface area (Å²) in [6.45, 7) is 2.09. The molecule has 1 atom stereocenters. The van der Waals surface area contributed by atoms with Crippen molar-refractivity contribution in [1.29, 1.82) is 0 Å². The van der Waals surface area contributed by atoms with Crippen LogP contribution in [0, 0.1) is 0 Å². The van der Waals surface area contributed by atoms with E-state index in [1.54, 1.807) is 13.0 Å². The van der Waals surface area contributed by atoms with E-state index in [1.807, 2.05) is 18.2 Å². The van der Waals surface area contributed by atoms with E-state index in [0.29, 0.717) is 13.0 Å². The Morgan fingerprint density at radius 3 is 3.00 bits per heavy atom. The molecule has 19 heavy (non-hydrogen) atoms. The van der Waals surface area contributed by atoms with Gasteiger partial charge in [-0.1, -0.05) is 6.07 Å². The molecule has 1 heterocycles. The second-order valence-electron chi connectivity index (χ2n) is 4.24. The van der Waals surface area contributed by atoms with Crippen LogP contribution in [0.1, 0.15) is 18.1 Å². The fourth-order valence-electron chi connectivity index (χ4n) is 1.99. The molecule has 0 aliphatic carbocycles.